The summed E-state index contributed by atoms with van der Waals surface area (Å²) in [4.78, 5) is 1.36. The molecular formula is C10H9IS2. The third kappa shape index (κ3) is 1.87. The molecule has 0 aliphatic rings. The summed E-state index contributed by atoms with van der Waals surface area (Å²) in [7, 11) is 0. The molecule has 0 amide bonds. The van der Waals surface area contributed by atoms with Gasteiger partial charge in [0.1, 0.15) is 0 Å². The summed E-state index contributed by atoms with van der Waals surface area (Å²) in [6.45, 7) is 2.19. The fourth-order valence-corrected chi connectivity index (χ4v) is 3.90. The van der Waals surface area contributed by atoms with Crippen molar-refractivity contribution in [2.45, 2.75) is 11.8 Å². The maximum Gasteiger partial charge on any atom is 0.0666 e. The lowest BCUT2D eigenvalue weighted by Crippen LogP contribution is -1.75. The molecule has 0 aliphatic heterocycles. The van der Waals surface area contributed by atoms with Gasteiger partial charge in [-0.3, -0.25) is 0 Å². The number of benzene rings is 1. The standard InChI is InChI=1S/C10H9IS2/c1-6-3-7(12-2)4-9-8(6)5-10(11)13-9/h3-5H,1-2H3. The summed E-state index contributed by atoms with van der Waals surface area (Å²) in [6, 6.07) is 6.80. The summed E-state index contributed by atoms with van der Waals surface area (Å²) in [5, 5.41) is 1.41. The Balaban J connectivity index is 2.75. The number of fused-ring (bicyclic) bond motifs is 1. The molecule has 0 saturated carbocycles. The number of thioether (sulfide) groups is 1. The lowest BCUT2D eigenvalue weighted by molar-refractivity contribution is 1.43. The van der Waals surface area contributed by atoms with Crippen LogP contribution in [0.15, 0.2) is 23.1 Å². The highest BCUT2D eigenvalue weighted by Crippen LogP contribution is 2.32. The van der Waals surface area contributed by atoms with E-state index in [1.807, 2.05) is 23.1 Å². The average Bonchev–Trinajstić information content (AvgIpc) is 2.46. The zero-order chi connectivity index (χ0) is 9.42. The van der Waals surface area contributed by atoms with Crippen LogP contribution in [0, 0.1) is 9.81 Å². The summed E-state index contributed by atoms with van der Waals surface area (Å²) in [5.74, 6) is 0. The minimum atomic E-state index is 1.36. The van der Waals surface area contributed by atoms with Crippen molar-refractivity contribution in [3.05, 3.63) is 26.6 Å². The van der Waals surface area contributed by atoms with Gasteiger partial charge in [-0.15, -0.1) is 23.1 Å². The summed E-state index contributed by atoms with van der Waals surface area (Å²) in [5.41, 5.74) is 1.39. The fourth-order valence-electron chi connectivity index (χ4n) is 1.37. The Morgan fingerprint density at radius 1 is 1.31 bits per heavy atom. The van der Waals surface area contributed by atoms with E-state index in [-0.39, 0.29) is 0 Å². The van der Waals surface area contributed by atoms with Gasteiger partial charge in [0.05, 0.1) is 2.88 Å². The number of thiophene rings is 1. The Bertz CT molecular complexity index is 445. The minimum Gasteiger partial charge on any atom is -0.130 e. The molecule has 0 atom stereocenters. The molecular weight excluding hydrogens is 311 g/mol. The molecule has 2 rings (SSSR count). The highest BCUT2D eigenvalue weighted by Gasteiger charge is 2.03. The summed E-state index contributed by atoms with van der Waals surface area (Å²) in [6.07, 6.45) is 2.12. The maximum absolute atomic E-state index is 2.39. The highest BCUT2D eigenvalue weighted by molar-refractivity contribution is 14.1. The first kappa shape index (κ1) is 9.80. The average molecular weight is 320 g/mol. The molecule has 0 N–H and O–H groups in total. The molecule has 0 spiro atoms. The van der Waals surface area contributed by atoms with Crippen molar-refractivity contribution >= 4 is 55.8 Å². The smallest absolute Gasteiger partial charge is 0.0666 e. The van der Waals surface area contributed by atoms with Gasteiger partial charge in [0.15, 0.2) is 0 Å². The first-order valence-electron chi connectivity index (χ1n) is 3.94. The van der Waals surface area contributed by atoms with Crippen LogP contribution in [0.4, 0.5) is 0 Å². The Kier molecular flexibility index (Phi) is 2.86. The molecule has 1 aromatic carbocycles. The van der Waals surface area contributed by atoms with Crippen molar-refractivity contribution in [3.63, 3.8) is 0 Å². The topological polar surface area (TPSA) is 0 Å². The van der Waals surface area contributed by atoms with E-state index < -0.39 is 0 Å². The molecule has 2 aromatic rings. The normalized spacial score (nSPS) is 11.0. The van der Waals surface area contributed by atoms with Crippen LogP contribution in [-0.2, 0) is 0 Å². The van der Waals surface area contributed by atoms with Crippen LogP contribution in [0.5, 0.6) is 0 Å². The van der Waals surface area contributed by atoms with E-state index in [1.165, 1.54) is 23.4 Å². The number of halogens is 1. The third-order valence-electron chi connectivity index (χ3n) is 2.02. The van der Waals surface area contributed by atoms with Crippen LogP contribution in [0.25, 0.3) is 10.1 Å². The van der Waals surface area contributed by atoms with E-state index in [1.54, 1.807) is 0 Å². The van der Waals surface area contributed by atoms with Crippen molar-refractivity contribution in [2.24, 2.45) is 0 Å². The van der Waals surface area contributed by atoms with Gasteiger partial charge >= 0.3 is 0 Å². The first-order valence-corrected chi connectivity index (χ1v) is 7.06. The fraction of sp³-hybridized carbons (Fsp3) is 0.200. The van der Waals surface area contributed by atoms with Crippen LogP contribution in [0.1, 0.15) is 5.56 Å². The molecule has 0 radical (unpaired) electrons. The predicted molar refractivity (Wildman–Crippen MR) is 71.1 cm³/mol. The number of rotatable bonds is 1. The molecule has 0 saturated heterocycles. The summed E-state index contributed by atoms with van der Waals surface area (Å²) < 4.78 is 2.78. The molecule has 68 valence electrons. The van der Waals surface area contributed by atoms with Crippen LogP contribution >= 0.6 is 45.7 Å². The van der Waals surface area contributed by atoms with Crippen molar-refractivity contribution < 1.29 is 0 Å². The quantitative estimate of drug-likeness (QED) is 0.549. The zero-order valence-electron chi connectivity index (χ0n) is 7.43. The Labute approximate surface area is 99.9 Å². The number of hydrogen-bond donors (Lipinski definition) is 0. The zero-order valence-corrected chi connectivity index (χ0v) is 11.2. The second-order valence-corrected chi connectivity index (χ2v) is 6.76. The van der Waals surface area contributed by atoms with Crippen molar-refractivity contribution in [1.82, 2.24) is 0 Å². The Morgan fingerprint density at radius 3 is 2.77 bits per heavy atom. The van der Waals surface area contributed by atoms with Gasteiger partial charge in [-0.2, -0.15) is 0 Å². The van der Waals surface area contributed by atoms with E-state index in [0.717, 1.165) is 0 Å². The molecule has 1 heterocycles. The number of hydrogen-bond acceptors (Lipinski definition) is 2. The molecule has 0 nitrogen and oxygen atoms in total. The highest BCUT2D eigenvalue weighted by atomic mass is 127. The SMILES string of the molecule is CSc1cc(C)c2cc(I)sc2c1. The van der Waals surface area contributed by atoms with Gasteiger partial charge in [0.2, 0.25) is 0 Å². The maximum atomic E-state index is 2.39. The lowest BCUT2D eigenvalue weighted by Gasteiger charge is -1.99. The van der Waals surface area contributed by atoms with E-state index in [4.69, 9.17) is 0 Å². The lowest BCUT2D eigenvalue weighted by atomic mass is 10.2. The Morgan fingerprint density at radius 2 is 2.08 bits per heavy atom. The predicted octanol–water partition coefficient (Wildman–Crippen LogP) is 4.54. The monoisotopic (exact) mass is 320 g/mol. The number of aryl methyl sites for hydroxylation is 1. The van der Waals surface area contributed by atoms with Gasteiger partial charge in [-0.1, -0.05) is 0 Å². The van der Waals surface area contributed by atoms with Crippen molar-refractivity contribution in [1.29, 1.82) is 0 Å². The van der Waals surface area contributed by atoms with E-state index in [9.17, 15) is 0 Å². The molecule has 13 heavy (non-hydrogen) atoms. The van der Waals surface area contributed by atoms with Gasteiger partial charge in [-0.25, -0.2) is 0 Å². The van der Waals surface area contributed by atoms with Crippen LogP contribution in [0.3, 0.4) is 0 Å². The van der Waals surface area contributed by atoms with Crippen molar-refractivity contribution in [2.75, 3.05) is 6.26 Å². The van der Waals surface area contributed by atoms with Crippen LogP contribution in [-0.4, -0.2) is 6.26 Å². The van der Waals surface area contributed by atoms with E-state index >= 15 is 0 Å². The minimum absolute atomic E-state index is 1.36. The van der Waals surface area contributed by atoms with E-state index in [0.29, 0.717) is 0 Å². The summed E-state index contributed by atoms with van der Waals surface area (Å²) >= 11 is 6.07. The molecule has 0 unspecified atom stereocenters. The molecule has 0 fully saturated rings. The van der Waals surface area contributed by atoms with Crippen LogP contribution in [0.2, 0.25) is 0 Å². The molecule has 3 heteroatoms. The molecule has 0 aliphatic carbocycles. The van der Waals surface area contributed by atoms with Gasteiger partial charge in [0.25, 0.3) is 0 Å². The largest absolute Gasteiger partial charge is 0.130 e. The molecule has 1 aromatic heterocycles. The first-order chi connectivity index (χ1) is 6.20. The Hall–Kier alpha value is 0.260. The molecule has 0 bridgehead atoms. The van der Waals surface area contributed by atoms with E-state index in [2.05, 4.69) is 54.0 Å². The third-order valence-corrected chi connectivity index (χ3v) is 4.57. The van der Waals surface area contributed by atoms with Gasteiger partial charge in [0, 0.05) is 9.60 Å². The van der Waals surface area contributed by atoms with Gasteiger partial charge < -0.3 is 0 Å². The van der Waals surface area contributed by atoms with Gasteiger partial charge in [-0.05, 0) is 64.9 Å². The second-order valence-electron chi connectivity index (χ2n) is 2.91. The van der Waals surface area contributed by atoms with Crippen molar-refractivity contribution in [3.8, 4) is 0 Å². The second kappa shape index (κ2) is 3.79. The van der Waals surface area contributed by atoms with Crippen LogP contribution < -0.4 is 0 Å².